The van der Waals surface area contributed by atoms with Crippen molar-refractivity contribution < 1.29 is 23.1 Å². The Morgan fingerprint density at radius 3 is 2.84 bits per heavy atom. The highest BCUT2D eigenvalue weighted by atomic mass is 35.5. The van der Waals surface area contributed by atoms with Crippen LogP contribution in [-0.2, 0) is 16.1 Å². The van der Waals surface area contributed by atoms with Gasteiger partial charge in [0.05, 0.1) is 43.8 Å². The molecule has 2 aliphatic rings. The number of carbonyl (C=O) groups excluding carboxylic acids is 2. The van der Waals surface area contributed by atoms with Crippen LogP contribution < -0.4 is 15.1 Å². The molecule has 1 atom stereocenters. The minimum atomic E-state index is -0.572. The number of ether oxygens (including phenoxy) is 1. The Hall–Kier alpha value is -3.27. The third-order valence-corrected chi connectivity index (χ3v) is 5.14. The summed E-state index contributed by atoms with van der Waals surface area (Å²) in [7, 11) is 0. The summed E-state index contributed by atoms with van der Waals surface area (Å²) in [6.07, 6.45) is 2.09. The first kappa shape index (κ1) is 21.0. The molecule has 1 fully saturated rings. The van der Waals surface area contributed by atoms with Gasteiger partial charge >= 0.3 is 6.09 Å². The minimum Gasteiger partial charge on any atom is -0.453 e. The number of carbonyl (C=O) groups is 2. The van der Waals surface area contributed by atoms with Gasteiger partial charge in [0, 0.05) is 25.1 Å². The van der Waals surface area contributed by atoms with Gasteiger partial charge in [-0.2, -0.15) is 5.10 Å². The van der Waals surface area contributed by atoms with E-state index in [9.17, 15) is 14.0 Å². The predicted octanol–water partition coefficient (Wildman–Crippen LogP) is 2.80. The first-order valence-electron chi connectivity index (χ1n) is 9.70. The van der Waals surface area contributed by atoms with Crippen molar-refractivity contribution in [2.75, 3.05) is 36.0 Å². The summed E-state index contributed by atoms with van der Waals surface area (Å²) < 4.78 is 25.1. The van der Waals surface area contributed by atoms with Gasteiger partial charge in [-0.1, -0.05) is 0 Å². The van der Waals surface area contributed by atoms with Crippen LogP contribution in [0.4, 0.5) is 20.6 Å². The molecule has 9 nitrogen and oxygen atoms in total. The largest absolute Gasteiger partial charge is 0.453 e. The maximum absolute atomic E-state index is 14.8. The van der Waals surface area contributed by atoms with Crippen molar-refractivity contribution in [2.45, 2.75) is 19.6 Å². The fraction of sp³-hybridized carbons (Fsp3) is 0.350. The van der Waals surface area contributed by atoms with Crippen LogP contribution in [0.5, 0.6) is 0 Å². The van der Waals surface area contributed by atoms with E-state index in [1.165, 1.54) is 17.9 Å². The Kier molecular flexibility index (Phi) is 5.99. The molecule has 0 saturated carbocycles. The number of hydrogen-bond donors (Lipinski definition) is 1. The predicted molar refractivity (Wildman–Crippen MR) is 113 cm³/mol. The molecule has 11 heteroatoms. The zero-order valence-corrected chi connectivity index (χ0v) is 17.5. The van der Waals surface area contributed by atoms with Crippen molar-refractivity contribution in [1.29, 1.82) is 0 Å². The first-order valence-corrected chi connectivity index (χ1v) is 10.1. The van der Waals surface area contributed by atoms with Crippen molar-refractivity contribution in [1.82, 2.24) is 10.3 Å². The Morgan fingerprint density at radius 2 is 2.19 bits per heavy atom. The fourth-order valence-corrected chi connectivity index (χ4v) is 3.59. The van der Waals surface area contributed by atoms with Gasteiger partial charge in [-0.05, 0) is 29.8 Å². The van der Waals surface area contributed by atoms with Gasteiger partial charge in [-0.25, -0.2) is 9.18 Å². The van der Waals surface area contributed by atoms with Crippen molar-refractivity contribution in [3.05, 3.63) is 47.1 Å². The van der Waals surface area contributed by atoms with Crippen LogP contribution >= 0.6 is 11.6 Å². The average molecular weight is 450 g/mol. The van der Waals surface area contributed by atoms with Gasteiger partial charge in [-0.15, -0.1) is 0 Å². The molecule has 31 heavy (non-hydrogen) atoms. The minimum absolute atomic E-state index is 0.208. The fourth-order valence-electron chi connectivity index (χ4n) is 3.41. The summed E-state index contributed by atoms with van der Waals surface area (Å²) in [5, 5.41) is 9.12. The highest BCUT2D eigenvalue weighted by Crippen LogP contribution is 2.28. The van der Waals surface area contributed by atoms with Crippen LogP contribution in [0.1, 0.15) is 12.5 Å². The Balaban J connectivity index is 1.39. The van der Waals surface area contributed by atoms with Crippen molar-refractivity contribution in [3.8, 4) is 0 Å². The normalized spacial score (nSPS) is 18.5. The number of halogens is 2. The highest BCUT2D eigenvalue weighted by molar-refractivity contribution is 6.28. The molecule has 0 bridgehead atoms. The van der Waals surface area contributed by atoms with E-state index in [2.05, 4.69) is 10.4 Å². The molecular formula is C20H21ClFN5O4. The first-order chi connectivity index (χ1) is 14.9. The van der Waals surface area contributed by atoms with Crippen molar-refractivity contribution in [2.24, 2.45) is 5.10 Å². The van der Waals surface area contributed by atoms with Gasteiger partial charge < -0.3 is 19.4 Å². The number of anilines is 2. The van der Waals surface area contributed by atoms with Gasteiger partial charge in [0.25, 0.3) is 0 Å². The molecule has 0 aliphatic carbocycles. The van der Waals surface area contributed by atoms with Gasteiger partial charge in [0.15, 0.2) is 5.22 Å². The SMILES string of the molecule is CC(=O)NC[C@H]1CN(c2ccc(N3C=NN(Cc4coc(Cl)c4)CC3)c(F)c2)C(=O)O1. The molecule has 1 aromatic heterocycles. The van der Waals surface area contributed by atoms with Gasteiger partial charge in [0.2, 0.25) is 5.91 Å². The number of hydrazone groups is 1. The second-order valence-electron chi connectivity index (χ2n) is 7.26. The Bertz CT molecular complexity index is 1010. The lowest BCUT2D eigenvalue weighted by Gasteiger charge is -2.30. The van der Waals surface area contributed by atoms with E-state index >= 15 is 0 Å². The van der Waals surface area contributed by atoms with Crippen LogP contribution in [0.2, 0.25) is 5.22 Å². The zero-order chi connectivity index (χ0) is 22.0. The topological polar surface area (TPSA) is 90.6 Å². The Morgan fingerprint density at radius 1 is 1.35 bits per heavy atom. The second-order valence-corrected chi connectivity index (χ2v) is 7.63. The molecule has 2 aromatic rings. The smallest absolute Gasteiger partial charge is 0.414 e. The maximum Gasteiger partial charge on any atom is 0.414 e. The summed E-state index contributed by atoms with van der Waals surface area (Å²) in [5.41, 5.74) is 1.66. The second kappa shape index (κ2) is 8.84. The van der Waals surface area contributed by atoms with Crippen LogP contribution in [0.3, 0.4) is 0 Å². The van der Waals surface area contributed by atoms with E-state index in [0.717, 1.165) is 5.56 Å². The van der Waals surface area contributed by atoms with Crippen molar-refractivity contribution in [3.63, 3.8) is 0 Å². The molecule has 0 radical (unpaired) electrons. The number of rotatable bonds is 6. The van der Waals surface area contributed by atoms with E-state index < -0.39 is 18.0 Å². The number of hydrogen-bond acceptors (Lipinski definition) is 7. The number of furan rings is 1. The molecule has 2 aliphatic heterocycles. The third kappa shape index (κ3) is 4.91. The third-order valence-electron chi connectivity index (χ3n) is 4.95. The number of benzene rings is 1. The maximum atomic E-state index is 14.8. The van der Waals surface area contributed by atoms with Crippen molar-refractivity contribution >= 4 is 41.3 Å². The standard InChI is InChI=1S/C20H21ClFN5O4/c1-13(28)23-8-16-10-27(20(29)31-16)15-2-3-18(17(22)7-15)25-4-5-26(24-12-25)9-14-6-19(21)30-11-14/h2-3,6-7,11-12,16H,4-5,8-10H2,1H3,(H,23,28)/t16-/m0/s1. The lowest BCUT2D eigenvalue weighted by atomic mass is 10.2. The number of amides is 2. The van der Waals surface area contributed by atoms with E-state index in [-0.39, 0.29) is 19.0 Å². The molecule has 1 aromatic carbocycles. The lowest BCUT2D eigenvalue weighted by Crippen LogP contribution is -2.38. The molecule has 4 rings (SSSR count). The summed E-state index contributed by atoms with van der Waals surface area (Å²) in [6, 6.07) is 6.29. The summed E-state index contributed by atoms with van der Waals surface area (Å²) in [6.45, 7) is 3.50. The van der Waals surface area contributed by atoms with Crippen LogP contribution in [0, 0.1) is 5.82 Å². The molecular weight excluding hydrogens is 429 g/mol. The molecule has 1 saturated heterocycles. The summed E-state index contributed by atoms with van der Waals surface area (Å²) in [5.74, 6) is -0.683. The lowest BCUT2D eigenvalue weighted by molar-refractivity contribution is -0.119. The molecule has 2 amide bonds. The molecule has 164 valence electrons. The van der Waals surface area contributed by atoms with Crippen LogP contribution in [-0.4, -0.2) is 55.6 Å². The molecule has 0 spiro atoms. The number of cyclic esters (lactones) is 1. The quantitative estimate of drug-likeness (QED) is 0.729. The number of nitrogens with one attached hydrogen (secondary N) is 1. The monoisotopic (exact) mass is 449 g/mol. The van der Waals surface area contributed by atoms with Gasteiger partial charge in [-0.3, -0.25) is 14.7 Å². The summed E-state index contributed by atoms with van der Waals surface area (Å²) >= 11 is 5.78. The number of nitrogens with zero attached hydrogens (tertiary/aromatic N) is 4. The highest BCUT2D eigenvalue weighted by Gasteiger charge is 2.33. The van der Waals surface area contributed by atoms with E-state index in [0.29, 0.717) is 36.2 Å². The van der Waals surface area contributed by atoms with E-state index in [1.54, 1.807) is 35.7 Å². The van der Waals surface area contributed by atoms with Gasteiger partial charge in [0.1, 0.15) is 18.3 Å². The average Bonchev–Trinajstić information content (AvgIpc) is 3.32. The van der Waals surface area contributed by atoms with Crippen LogP contribution in [0.15, 0.2) is 40.0 Å². The Labute approximate surface area is 183 Å². The van der Waals surface area contributed by atoms with E-state index in [1.807, 2.05) is 5.01 Å². The summed E-state index contributed by atoms with van der Waals surface area (Å²) in [4.78, 5) is 26.2. The zero-order valence-electron chi connectivity index (χ0n) is 16.8. The van der Waals surface area contributed by atoms with E-state index in [4.69, 9.17) is 20.8 Å². The molecule has 3 heterocycles. The molecule has 1 N–H and O–H groups in total. The van der Waals surface area contributed by atoms with Crippen LogP contribution in [0.25, 0.3) is 0 Å². The molecule has 0 unspecified atom stereocenters.